The maximum absolute atomic E-state index is 14.0. The van der Waals surface area contributed by atoms with Gasteiger partial charge in [0.25, 0.3) is 0 Å². The lowest BCUT2D eigenvalue weighted by Gasteiger charge is -2.41. The van der Waals surface area contributed by atoms with Crippen molar-refractivity contribution in [1.82, 2.24) is 0 Å². The van der Waals surface area contributed by atoms with Crippen molar-refractivity contribution in [1.29, 1.82) is 0 Å². The highest BCUT2D eigenvalue weighted by Crippen LogP contribution is 2.46. The molecule has 0 radical (unpaired) electrons. The van der Waals surface area contributed by atoms with Crippen LogP contribution < -0.4 is 4.74 Å². The smallest absolute Gasteiger partial charge is 0.200 e. The van der Waals surface area contributed by atoms with Crippen molar-refractivity contribution in [3.05, 3.63) is 29.3 Å². The van der Waals surface area contributed by atoms with E-state index in [2.05, 4.69) is 6.92 Å². The van der Waals surface area contributed by atoms with Gasteiger partial charge in [-0.05, 0) is 80.9 Å². The molecule has 0 spiro atoms. The van der Waals surface area contributed by atoms with Crippen molar-refractivity contribution >= 4 is 0 Å². The highest BCUT2D eigenvalue weighted by Gasteiger charge is 2.39. The largest absolute Gasteiger partial charge is 0.491 e. The molecule has 0 atom stereocenters. The molecule has 0 bridgehead atoms. The SMILES string of the molecule is CCCC1CCC([C@H]2CC[C@](O)(c3cc(F)c(F)c(OCC)c3)CC2)CC1. The van der Waals surface area contributed by atoms with Gasteiger partial charge >= 0.3 is 0 Å². The van der Waals surface area contributed by atoms with Crippen LogP contribution in [-0.4, -0.2) is 11.7 Å². The normalized spacial score (nSPS) is 31.7. The molecule has 1 N–H and O–H groups in total. The zero-order chi connectivity index (χ0) is 19.4. The highest BCUT2D eigenvalue weighted by atomic mass is 19.2. The van der Waals surface area contributed by atoms with Crippen LogP contribution in [0, 0.1) is 29.4 Å². The van der Waals surface area contributed by atoms with E-state index in [-0.39, 0.29) is 12.4 Å². The van der Waals surface area contributed by atoms with Crippen molar-refractivity contribution < 1.29 is 18.6 Å². The molecule has 2 aliphatic carbocycles. The molecule has 27 heavy (non-hydrogen) atoms. The average molecular weight is 381 g/mol. The molecule has 1 aromatic rings. The van der Waals surface area contributed by atoms with Gasteiger partial charge in [0.1, 0.15) is 0 Å². The van der Waals surface area contributed by atoms with E-state index in [4.69, 9.17) is 4.74 Å². The van der Waals surface area contributed by atoms with E-state index in [0.29, 0.717) is 24.3 Å². The Kier molecular flexibility index (Phi) is 6.78. The molecule has 2 saturated carbocycles. The molecule has 3 rings (SSSR count). The zero-order valence-corrected chi connectivity index (χ0v) is 16.8. The standard InChI is InChI=1S/C23H34F2O2/c1-3-5-16-6-8-17(9-7-16)18-10-12-23(26,13-11-18)19-14-20(24)22(25)21(15-19)27-4-2/h14-18,26H,3-13H2,1-2H3/t16?,17?,18-,23+. The van der Waals surface area contributed by atoms with Crippen molar-refractivity contribution in [3.8, 4) is 5.75 Å². The minimum absolute atomic E-state index is 0.0997. The van der Waals surface area contributed by atoms with E-state index < -0.39 is 17.2 Å². The molecule has 4 heteroatoms. The number of aliphatic hydroxyl groups is 1. The van der Waals surface area contributed by atoms with Crippen LogP contribution in [0.2, 0.25) is 0 Å². The molecule has 0 aliphatic heterocycles. The second kappa shape index (κ2) is 8.89. The quantitative estimate of drug-likeness (QED) is 0.623. The fourth-order valence-electron chi connectivity index (χ4n) is 5.33. The van der Waals surface area contributed by atoms with Gasteiger partial charge in [-0.2, -0.15) is 4.39 Å². The van der Waals surface area contributed by atoms with Crippen LogP contribution in [0.5, 0.6) is 5.75 Å². The summed E-state index contributed by atoms with van der Waals surface area (Å²) in [5.41, 5.74) is -0.619. The summed E-state index contributed by atoms with van der Waals surface area (Å²) >= 11 is 0. The molecular formula is C23H34F2O2. The third-order valence-corrected chi connectivity index (χ3v) is 6.94. The fourth-order valence-corrected chi connectivity index (χ4v) is 5.33. The van der Waals surface area contributed by atoms with Crippen molar-refractivity contribution in [3.63, 3.8) is 0 Å². The Balaban J connectivity index is 1.63. The third kappa shape index (κ3) is 4.64. The van der Waals surface area contributed by atoms with Crippen LogP contribution in [0.1, 0.15) is 83.6 Å². The Morgan fingerprint density at radius 2 is 1.63 bits per heavy atom. The van der Waals surface area contributed by atoms with Crippen LogP contribution in [0.15, 0.2) is 12.1 Å². The van der Waals surface area contributed by atoms with E-state index in [9.17, 15) is 13.9 Å². The number of rotatable bonds is 6. The molecule has 1 aromatic carbocycles. The van der Waals surface area contributed by atoms with E-state index in [1.165, 1.54) is 44.6 Å². The predicted octanol–water partition coefficient (Wildman–Crippen LogP) is 6.35. The Labute approximate surface area is 162 Å². The lowest BCUT2D eigenvalue weighted by atomic mass is 9.66. The molecule has 0 amide bonds. The minimum Gasteiger partial charge on any atom is -0.491 e. The van der Waals surface area contributed by atoms with Crippen LogP contribution in [0.25, 0.3) is 0 Å². The number of ether oxygens (including phenoxy) is 1. The molecule has 2 nitrogen and oxygen atoms in total. The third-order valence-electron chi connectivity index (χ3n) is 6.94. The van der Waals surface area contributed by atoms with Gasteiger partial charge in [-0.25, -0.2) is 4.39 Å². The second-order valence-corrected chi connectivity index (χ2v) is 8.64. The number of hydrogen-bond acceptors (Lipinski definition) is 2. The van der Waals surface area contributed by atoms with Crippen LogP contribution in [0.3, 0.4) is 0 Å². The first-order valence-electron chi connectivity index (χ1n) is 10.8. The highest BCUT2D eigenvalue weighted by molar-refractivity contribution is 5.35. The summed E-state index contributed by atoms with van der Waals surface area (Å²) in [7, 11) is 0. The van der Waals surface area contributed by atoms with Gasteiger partial charge in [0.15, 0.2) is 11.6 Å². The van der Waals surface area contributed by atoms with Gasteiger partial charge < -0.3 is 9.84 Å². The molecule has 0 aromatic heterocycles. The Morgan fingerprint density at radius 3 is 2.22 bits per heavy atom. The predicted molar refractivity (Wildman–Crippen MR) is 104 cm³/mol. The molecule has 2 aliphatic rings. The molecule has 152 valence electrons. The van der Waals surface area contributed by atoms with Gasteiger partial charge in [-0.15, -0.1) is 0 Å². The Morgan fingerprint density at radius 1 is 1.00 bits per heavy atom. The first kappa shape index (κ1) is 20.6. The lowest BCUT2D eigenvalue weighted by Crippen LogP contribution is -2.35. The van der Waals surface area contributed by atoms with Crippen LogP contribution in [0.4, 0.5) is 8.78 Å². The monoisotopic (exact) mass is 380 g/mol. The Bertz CT molecular complexity index is 615. The summed E-state index contributed by atoms with van der Waals surface area (Å²) in [6.07, 6.45) is 11.1. The van der Waals surface area contributed by atoms with E-state index in [0.717, 1.165) is 30.7 Å². The number of benzene rings is 1. The molecule has 0 saturated heterocycles. The number of hydrogen-bond donors (Lipinski definition) is 1. The number of halogens is 2. The van der Waals surface area contributed by atoms with Crippen LogP contribution in [-0.2, 0) is 5.60 Å². The van der Waals surface area contributed by atoms with Crippen LogP contribution >= 0.6 is 0 Å². The Hall–Kier alpha value is -1.16. The summed E-state index contributed by atoms with van der Waals surface area (Å²) in [4.78, 5) is 0. The molecule has 0 unspecified atom stereocenters. The summed E-state index contributed by atoms with van der Waals surface area (Å²) in [6.45, 7) is 4.27. The summed E-state index contributed by atoms with van der Waals surface area (Å²) in [5.74, 6) is 0.321. The van der Waals surface area contributed by atoms with Gasteiger partial charge in [0, 0.05) is 0 Å². The topological polar surface area (TPSA) is 29.5 Å². The first-order valence-corrected chi connectivity index (χ1v) is 10.8. The van der Waals surface area contributed by atoms with E-state index >= 15 is 0 Å². The molecular weight excluding hydrogens is 346 g/mol. The molecule has 0 heterocycles. The van der Waals surface area contributed by atoms with Gasteiger partial charge in [0.05, 0.1) is 12.2 Å². The van der Waals surface area contributed by atoms with Gasteiger partial charge in [-0.1, -0.05) is 32.6 Å². The lowest BCUT2D eigenvalue weighted by molar-refractivity contribution is -0.0265. The second-order valence-electron chi connectivity index (χ2n) is 8.64. The summed E-state index contributed by atoms with van der Waals surface area (Å²) in [6, 6.07) is 2.63. The van der Waals surface area contributed by atoms with Crippen molar-refractivity contribution in [2.75, 3.05) is 6.61 Å². The maximum Gasteiger partial charge on any atom is 0.200 e. The van der Waals surface area contributed by atoms with Gasteiger partial charge in [0.2, 0.25) is 5.82 Å². The minimum atomic E-state index is -1.07. The average Bonchev–Trinajstić information content (AvgIpc) is 2.67. The van der Waals surface area contributed by atoms with E-state index in [1.807, 2.05) is 0 Å². The summed E-state index contributed by atoms with van der Waals surface area (Å²) in [5, 5.41) is 11.1. The van der Waals surface area contributed by atoms with Gasteiger partial charge in [-0.3, -0.25) is 0 Å². The van der Waals surface area contributed by atoms with Crippen molar-refractivity contribution in [2.45, 2.75) is 83.7 Å². The zero-order valence-electron chi connectivity index (χ0n) is 16.8. The maximum atomic E-state index is 14.0. The summed E-state index contributed by atoms with van der Waals surface area (Å²) < 4.78 is 33.1. The fraction of sp³-hybridized carbons (Fsp3) is 0.739. The first-order chi connectivity index (χ1) is 13.0. The molecule has 2 fully saturated rings. The van der Waals surface area contributed by atoms with E-state index in [1.54, 1.807) is 6.92 Å². The van der Waals surface area contributed by atoms with Crippen molar-refractivity contribution in [2.24, 2.45) is 17.8 Å².